The van der Waals surface area contributed by atoms with E-state index >= 15 is 0 Å². The summed E-state index contributed by atoms with van der Waals surface area (Å²) in [6.07, 6.45) is 0.353. The van der Waals surface area contributed by atoms with Gasteiger partial charge in [0.05, 0.1) is 0 Å². The van der Waals surface area contributed by atoms with E-state index < -0.39 is 0 Å². The lowest BCUT2D eigenvalue weighted by Crippen LogP contribution is -2.19. The fourth-order valence-corrected chi connectivity index (χ4v) is 1.07. The number of pyridine rings is 1. The largest absolute Gasteiger partial charge is 0.504 e. The molecule has 1 amide bonds. The second-order valence-corrected chi connectivity index (χ2v) is 3.22. The first kappa shape index (κ1) is 11.5. The van der Waals surface area contributed by atoms with Crippen molar-refractivity contribution in [2.45, 2.75) is 13.3 Å². The highest BCUT2D eigenvalue weighted by Crippen LogP contribution is 2.19. The fourth-order valence-electron chi connectivity index (χ4n) is 1.07. The van der Waals surface area contributed by atoms with Gasteiger partial charge in [-0.3, -0.25) is 4.79 Å². The van der Waals surface area contributed by atoms with Crippen LogP contribution < -0.4 is 10.6 Å². The van der Waals surface area contributed by atoms with Crippen molar-refractivity contribution in [2.75, 3.05) is 18.9 Å². The summed E-state index contributed by atoms with van der Waals surface area (Å²) < 4.78 is 0. The third kappa shape index (κ3) is 3.55. The molecule has 0 spiro atoms. The Morgan fingerprint density at radius 2 is 2.27 bits per heavy atom. The van der Waals surface area contributed by atoms with E-state index in [1.54, 1.807) is 20.0 Å². The van der Waals surface area contributed by atoms with E-state index in [9.17, 15) is 9.90 Å². The second-order valence-electron chi connectivity index (χ2n) is 3.22. The molecule has 0 saturated heterocycles. The monoisotopic (exact) mass is 209 g/mol. The van der Waals surface area contributed by atoms with E-state index in [-0.39, 0.29) is 17.5 Å². The smallest absolute Gasteiger partial charge is 0.226 e. The van der Waals surface area contributed by atoms with Crippen LogP contribution >= 0.6 is 0 Å². The molecule has 1 heterocycles. The molecule has 0 aliphatic heterocycles. The van der Waals surface area contributed by atoms with Crippen molar-refractivity contribution in [2.24, 2.45) is 0 Å². The quantitative estimate of drug-likeness (QED) is 0.680. The van der Waals surface area contributed by atoms with Crippen LogP contribution in [0.4, 0.5) is 5.82 Å². The third-order valence-corrected chi connectivity index (χ3v) is 1.87. The minimum atomic E-state index is -0.169. The summed E-state index contributed by atoms with van der Waals surface area (Å²) in [7, 11) is 1.77. The Morgan fingerprint density at radius 1 is 1.53 bits per heavy atom. The highest BCUT2D eigenvalue weighted by Gasteiger charge is 2.07. The minimum Gasteiger partial charge on any atom is -0.504 e. The predicted octanol–water partition coefficient (Wildman–Crippen LogP) is 0.644. The minimum absolute atomic E-state index is 0.0154. The third-order valence-electron chi connectivity index (χ3n) is 1.87. The number of aromatic nitrogens is 1. The number of aryl methyl sites for hydroxylation is 1. The molecule has 0 bridgehead atoms. The van der Waals surface area contributed by atoms with Crippen LogP contribution in [0.5, 0.6) is 5.75 Å². The Kier molecular flexibility index (Phi) is 4.05. The van der Waals surface area contributed by atoms with Gasteiger partial charge in [-0.2, -0.15) is 0 Å². The molecule has 5 heteroatoms. The lowest BCUT2D eigenvalue weighted by atomic mass is 10.3. The van der Waals surface area contributed by atoms with Crippen LogP contribution in [0.2, 0.25) is 0 Å². The summed E-state index contributed by atoms with van der Waals surface area (Å²) in [6.45, 7) is 2.39. The predicted molar refractivity (Wildman–Crippen MR) is 57.8 cm³/mol. The van der Waals surface area contributed by atoms with Crippen molar-refractivity contribution in [3.63, 3.8) is 0 Å². The standard InChI is InChI=1S/C10H15N3O2/c1-7-3-4-8(14)10(12-7)13-9(15)5-6-11-2/h3-4,11,14H,5-6H2,1-2H3,(H,12,13,15). The van der Waals surface area contributed by atoms with Crippen molar-refractivity contribution in [3.8, 4) is 5.75 Å². The summed E-state index contributed by atoms with van der Waals surface area (Å²) in [5.74, 6) is 0.0345. The maximum Gasteiger partial charge on any atom is 0.226 e. The highest BCUT2D eigenvalue weighted by atomic mass is 16.3. The van der Waals surface area contributed by atoms with Crippen molar-refractivity contribution in [3.05, 3.63) is 17.8 Å². The van der Waals surface area contributed by atoms with Crippen LogP contribution in [-0.4, -0.2) is 29.6 Å². The molecule has 0 atom stereocenters. The number of carbonyl (C=O) groups excluding carboxylic acids is 1. The summed E-state index contributed by atoms with van der Waals surface area (Å²) in [4.78, 5) is 15.4. The van der Waals surface area contributed by atoms with E-state index in [0.717, 1.165) is 5.69 Å². The number of hydrogen-bond donors (Lipinski definition) is 3. The molecule has 0 saturated carbocycles. The molecule has 15 heavy (non-hydrogen) atoms. The van der Waals surface area contributed by atoms with Gasteiger partial charge in [0.1, 0.15) is 0 Å². The molecule has 0 radical (unpaired) electrons. The lowest BCUT2D eigenvalue weighted by molar-refractivity contribution is -0.116. The molecule has 1 rings (SSSR count). The van der Waals surface area contributed by atoms with Crippen LogP contribution in [0.15, 0.2) is 12.1 Å². The Hall–Kier alpha value is -1.62. The molecule has 0 unspecified atom stereocenters. The molecule has 82 valence electrons. The number of carbonyl (C=O) groups is 1. The Bertz CT molecular complexity index is 353. The number of aromatic hydroxyl groups is 1. The van der Waals surface area contributed by atoms with Crippen LogP contribution in [-0.2, 0) is 4.79 Å². The molecular weight excluding hydrogens is 194 g/mol. The zero-order valence-electron chi connectivity index (χ0n) is 8.87. The number of hydrogen-bond acceptors (Lipinski definition) is 4. The van der Waals surface area contributed by atoms with E-state index in [1.165, 1.54) is 6.07 Å². The zero-order valence-corrected chi connectivity index (χ0v) is 8.87. The van der Waals surface area contributed by atoms with Crippen molar-refractivity contribution < 1.29 is 9.90 Å². The summed E-state index contributed by atoms with van der Waals surface area (Å²) in [6, 6.07) is 3.19. The first-order valence-corrected chi connectivity index (χ1v) is 4.74. The number of anilines is 1. The summed E-state index contributed by atoms with van der Waals surface area (Å²) >= 11 is 0. The average Bonchev–Trinajstić information content (AvgIpc) is 2.20. The van der Waals surface area contributed by atoms with Gasteiger partial charge in [0.25, 0.3) is 0 Å². The van der Waals surface area contributed by atoms with Crippen LogP contribution in [0.3, 0.4) is 0 Å². The van der Waals surface area contributed by atoms with Gasteiger partial charge in [0.2, 0.25) is 5.91 Å². The molecule has 0 fully saturated rings. The molecule has 1 aromatic heterocycles. The number of amides is 1. The van der Waals surface area contributed by atoms with Crippen LogP contribution in [0.1, 0.15) is 12.1 Å². The first-order chi connectivity index (χ1) is 7.13. The molecule has 3 N–H and O–H groups in total. The number of nitrogens with zero attached hydrogens (tertiary/aromatic N) is 1. The Labute approximate surface area is 88.5 Å². The summed E-state index contributed by atoms with van der Waals surface area (Å²) in [5.41, 5.74) is 0.747. The van der Waals surface area contributed by atoms with Crippen molar-refractivity contribution in [1.29, 1.82) is 0 Å². The van der Waals surface area contributed by atoms with Gasteiger partial charge in [-0.05, 0) is 26.1 Å². The van der Waals surface area contributed by atoms with Gasteiger partial charge < -0.3 is 15.7 Å². The van der Waals surface area contributed by atoms with Crippen LogP contribution in [0.25, 0.3) is 0 Å². The molecule has 0 aliphatic carbocycles. The Balaban J connectivity index is 2.63. The molecule has 5 nitrogen and oxygen atoms in total. The zero-order chi connectivity index (χ0) is 11.3. The molecular formula is C10H15N3O2. The first-order valence-electron chi connectivity index (χ1n) is 4.74. The average molecular weight is 209 g/mol. The molecule has 1 aromatic rings. The van der Waals surface area contributed by atoms with E-state index in [2.05, 4.69) is 15.6 Å². The maximum absolute atomic E-state index is 11.3. The molecule has 0 aliphatic rings. The highest BCUT2D eigenvalue weighted by molar-refractivity contribution is 5.91. The Morgan fingerprint density at radius 3 is 2.93 bits per heavy atom. The topological polar surface area (TPSA) is 74.2 Å². The van der Waals surface area contributed by atoms with E-state index in [0.29, 0.717) is 13.0 Å². The molecule has 0 aromatic carbocycles. The van der Waals surface area contributed by atoms with E-state index in [4.69, 9.17) is 0 Å². The lowest BCUT2D eigenvalue weighted by Gasteiger charge is -2.06. The maximum atomic E-state index is 11.3. The fraction of sp³-hybridized carbons (Fsp3) is 0.400. The normalized spacial score (nSPS) is 10.0. The number of nitrogens with one attached hydrogen (secondary N) is 2. The SMILES string of the molecule is CNCCC(=O)Nc1nc(C)ccc1O. The van der Waals surface area contributed by atoms with Gasteiger partial charge >= 0.3 is 0 Å². The van der Waals surface area contributed by atoms with Gasteiger partial charge in [-0.25, -0.2) is 4.98 Å². The van der Waals surface area contributed by atoms with Gasteiger partial charge in [0.15, 0.2) is 11.6 Å². The number of rotatable bonds is 4. The van der Waals surface area contributed by atoms with Gasteiger partial charge in [-0.15, -0.1) is 0 Å². The van der Waals surface area contributed by atoms with Gasteiger partial charge in [0, 0.05) is 18.7 Å². The van der Waals surface area contributed by atoms with Crippen molar-refractivity contribution in [1.82, 2.24) is 10.3 Å². The van der Waals surface area contributed by atoms with E-state index in [1.807, 2.05) is 0 Å². The van der Waals surface area contributed by atoms with Gasteiger partial charge in [-0.1, -0.05) is 0 Å². The summed E-state index contributed by atoms with van der Waals surface area (Å²) in [5, 5.41) is 14.8. The second kappa shape index (κ2) is 5.31. The van der Waals surface area contributed by atoms with Crippen molar-refractivity contribution >= 4 is 11.7 Å². The van der Waals surface area contributed by atoms with Crippen LogP contribution in [0, 0.1) is 6.92 Å².